The summed E-state index contributed by atoms with van der Waals surface area (Å²) < 4.78 is 2.89. The Morgan fingerprint density at radius 3 is 1.97 bits per heavy atom. The molecule has 0 bridgehead atoms. The van der Waals surface area contributed by atoms with E-state index in [-0.39, 0.29) is 6.04 Å². The lowest BCUT2D eigenvalue weighted by molar-refractivity contribution is 0.119. The average Bonchev–Trinajstić information content (AvgIpc) is 3.24. The van der Waals surface area contributed by atoms with E-state index in [1.54, 1.807) is 11.6 Å². The summed E-state index contributed by atoms with van der Waals surface area (Å²) in [5.41, 5.74) is 4.38. The number of halogens is 1. The number of aliphatic hydroxyl groups excluding tert-OH is 1. The van der Waals surface area contributed by atoms with E-state index in [9.17, 15) is 5.11 Å². The van der Waals surface area contributed by atoms with Crippen molar-refractivity contribution in [3.8, 4) is 11.3 Å². The van der Waals surface area contributed by atoms with Crippen molar-refractivity contribution in [2.75, 3.05) is 36.0 Å². The Hall–Kier alpha value is -2.38. The van der Waals surface area contributed by atoms with E-state index < -0.39 is 6.10 Å². The zero-order valence-electron chi connectivity index (χ0n) is 17.4. The van der Waals surface area contributed by atoms with Gasteiger partial charge in [-0.1, -0.05) is 40.2 Å². The molecular formula is C23H28BrN5O. The van der Waals surface area contributed by atoms with Crippen molar-refractivity contribution in [1.29, 1.82) is 0 Å². The van der Waals surface area contributed by atoms with Gasteiger partial charge in [0.25, 0.3) is 0 Å². The Kier molecular flexibility index (Phi) is 6.39. The van der Waals surface area contributed by atoms with Gasteiger partial charge in [0.2, 0.25) is 0 Å². The van der Waals surface area contributed by atoms with Gasteiger partial charge in [-0.15, -0.1) is 5.10 Å². The first-order valence-electron chi connectivity index (χ1n) is 10.5. The summed E-state index contributed by atoms with van der Waals surface area (Å²) in [5, 5.41) is 18.5. The highest BCUT2D eigenvalue weighted by Gasteiger charge is 2.19. The Morgan fingerprint density at radius 1 is 0.933 bits per heavy atom. The summed E-state index contributed by atoms with van der Waals surface area (Å²) in [4.78, 5) is 4.86. The van der Waals surface area contributed by atoms with Crippen LogP contribution in [0.5, 0.6) is 0 Å². The van der Waals surface area contributed by atoms with Crippen LogP contribution in [0.4, 0.5) is 11.4 Å². The minimum atomic E-state index is -0.456. The van der Waals surface area contributed by atoms with Crippen LogP contribution in [0.3, 0.4) is 0 Å². The largest absolute Gasteiger partial charge is 0.391 e. The molecule has 0 radical (unpaired) electrons. The number of piperazine rings is 1. The lowest BCUT2D eigenvalue weighted by atomic mass is 10.1. The number of aliphatic hydroxyl groups is 1. The standard InChI is InChI=1S/C23H28BrN5O/c1-3-23(17(2)30)29-16-22(25-26-29)18-4-8-20(9-5-18)27-12-14-28(15-13-27)21-10-6-19(24)7-11-21/h4-11,16-17,23,30H,3,12-15H2,1-2H3/t17-,23-/m0/s1. The molecular weight excluding hydrogens is 442 g/mol. The second-order valence-corrected chi connectivity index (χ2v) is 8.71. The van der Waals surface area contributed by atoms with E-state index in [0.717, 1.165) is 48.3 Å². The molecule has 2 heterocycles. The van der Waals surface area contributed by atoms with Crippen LogP contribution < -0.4 is 9.80 Å². The van der Waals surface area contributed by atoms with Gasteiger partial charge in [-0.25, -0.2) is 4.68 Å². The molecule has 1 aliphatic heterocycles. The molecule has 1 saturated heterocycles. The minimum absolute atomic E-state index is 0.0486. The van der Waals surface area contributed by atoms with Crippen LogP contribution in [-0.2, 0) is 0 Å². The molecule has 0 saturated carbocycles. The van der Waals surface area contributed by atoms with Crippen molar-refractivity contribution < 1.29 is 5.11 Å². The third-order valence-electron chi connectivity index (χ3n) is 5.82. The van der Waals surface area contributed by atoms with E-state index in [1.165, 1.54) is 11.4 Å². The molecule has 1 aliphatic rings. The topological polar surface area (TPSA) is 57.4 Å². The fourth-order valence-corrected chi connectivity index (χ4v) is 4.30. The van der Waals surface area contributed by atoms with E-state index in [0.29, 0.717) is 0 Å². The number of hydrogen-bond donors (Lipinski definition) is 1. The number of nitrogens with zero attached hydrogens (tertiary/aromatic N) is 5. The summed E-state index contributed by atoms with van der Waals surface area (Å²) in [6, 6.07) is 17.0. The van der Waals surface area contributed by atoms with Crippen LogP contribution in [-0.4, -0.2) is 52.4 Å². The molecule has 1 aromatic heterocycles. The fraction of sp³-hybridized carbons (Fsp3) is 0.391. The third kappa shape index (κ3) is 4.52. The van der Waals surface area contributed by atoms with Crippen LogP contribution in [0, 0.1) is 0 Å². The highest BCUT2D eigenvalue weighted by atomic mass is 79.9. The first-order chi connectivity index (χ1) is 14.5. The zero-order valence-corrected chi connectivity index (χ0v) is 19.0. The lowest BCUT2D eigenvalue weighted by Crippen LogP contribution is -2.46. The molecule has 6 nitrogen and oxygen atoms in total. The molecule has 3 aromatic rings. The second kappa shape index (κ2) is 9.18. The predicted octanol–water partition coefficient (Wildman–Crippen LogP) is 4.37. The summed E-state index contributed by atoms with van der Waals surface area (Å²) >= 11 is 3.50. The molecule has 2 aromatic carbocycles. The summed E-state index contributed by atoms with van der Waals surface area (Å²) in [7, 11) is 0. The maximum atomic E-state index is 9.93. The molecule has 1 N–H and O–H groups in total. The smallest absolute Gasteiger partial charge is 0.113 e. The van der Waals surface area contributed by atoms with Gasteiger partial charge in [-0.3, -0.25) is 0 Å². The molecule has 1 fully saturated rings. The molecule has 30 heavy (non-hydrogen) atoms. The molecule has 0 aliphatic carbocycles. The lowest BCUT2D eigenvalue weighted by Gasteiger charge is -2.37. The summed E-state index contributed by atoms with van der Waals surface area (Å²) in [6.07, 6.45) is 2.28. The van der Waals surface area contributed by atoms with Crippen molar-refractivity contribution in [2.24, 2.45) is 0 Å². The van der Waals surface area contributed by atoms with Crippen molar-refractivity contribution in [3.05, 3.63) is 59.2 Å². The van der Waals surface area contributed by atoms with Crippen LogP contribution in [0.15, 0.2) is 59.2 Å². The van der Waals surface area contributed by atoms with E-state index in [1.807, 2.05) is 13.1 Å². The fourth-order valence-electron chi connectivity index (χ4n) is 4.04. The maximum absolute atomic E-state index is 9.93. The zero-order chi connectivity index (χ0) is 21.1. The molecule has 0 unspecified atom stereocenters. The van der Waals surface area contributed by atoms with Crippen molar-refractivity contribution >= 4 is 27.3 Å². The Morgan fingerprint density at radius 2 is 1.47 bits per heavy atom. The maximum Gasteiger partial charge on any atom is 0.113 e. The number of anilines is 2. The van der Waals surface area contributed by atoms with Crippen molar-refractivity contribution in [2.45, 2.75) is 32.4 Å². The summed E-state index contributed by atoms with van der Waals surface area (Å²) in [5.74, 6) is 0. The number of hydrogen-bond acceptors (Lipinski definition) is 5. The molecule has 4 rings (SSSR count). The first kappa shape index (κ1) is 20.9. The van der Waals surface area contributed by atoms with E-state index in [2.05, 4.69) is 84.6 Å². The van der Waals surface area contributed by atoms with Crippen LogP contribution >= 0.6 is 15.9 Å². The van der Waals surface area contributed by atoms with E-state index >= 15 is 0 Å². The molecule has 0 amide bonds. The summed E-state index contributed by atoms with van der Waals surface area (Å²) in [6.45, 7) is 7.85. The van der Waals surface area contributed by atoms with Gasteiger partial charge in [-0.2, -0.15) is 0 Å². The normalized spacial score (nSPS) is 16.5. The second-order valence-electron chi connectivity index (χ2n) is 7.80. The van der Waals surface area contributed by atoms with Gasteiger partial charge >= 0.3 is 0 Å². The number of rotatable bonds is 6. The monoisotopic (exact) mass is 469 g/mol. The van der Waals surface area contributed by atoms with Gasteiger partial charge in [0.1, 0.15) is 5.69 Å². The van der Waals surface area contributed by atoms with Crippen LogP contribution in [0.1, 0.15) is 26.3 Å². The molecule has 2 atom stereocenters. The van der Waals surface area contributed by atoms with Crippen molar-refractivity contribution in [3.63, 3.8) is 0 Å². The van der Waals surface area contributed by atoms with Gasteiger partial charge in [0, 0.05) is 47.6 Å². The Labute approximate surface area is 186 Å². The molecule has 158 valence electrons. The first-order valence-corrected chi connectivity index (χ1v) is 11.3. The Bertz CT molecular complexity index is 946. The highest BCUT2D eigenvalue weighted by Crippen LogP contribution is 2.26. The van der Waals surface area contributed by atoms with Crippen molar-refractivity contribution in [1.82, 2.24) is 15.0 Å². The third-order valence-corrected chi connectivity index (χ3v) is 6.35. The number of benzene rings is 2. The van der Waals surface area contributed by atoms with Crippen LogP contribution in [0.2, 0.25) is 0 Å². The predicted molar refractivity (Wildman–Crippen MR) is 125 cm³/mol. The van der Waals surface area contributed by atoms with Gasteiger partial charge in [0.05, 0.1) is 18.3 Å². The average molecular weight is 470 g/mol. The minimum Gasteiger partial charge on any atom is -0.391 e. The van der Waals surface area contributed by atoms with Gasteiger partial charge in [-0.05, 0) is 49.7 Å². The molecule has 7 heteroatoms. The van der Waals surface area contributed by atoms with Gasteiger partial charge < -0.3 is 14.9 Å². The quantitative estimate of drug-likeness (QED) is 0.580. The SMILES string of the molecule is CC[C@@H]([C@H](C)O)n1cc(-c2ccc(N3CCN(c4ccc(Br)cc4)CC3)cc2)nn1. The number of aromatic nitrogens is 3. The molecule has 0 spiro atoms. The van der Waals surface area contributed by atoms with Gasteiger partial charge in [0.15, 0.2) is 0 Å². The van der Waals surface area contributed by atoms with Crippen LogP contribution in [0.25, 0.3) is 11.3 Å². The van der Waals surface area contributed by atoms with E-state index in [4.69, 9.17) is 0 Å². The highest BCUT2D eigenvalue weighted by molar-refractivity contribution is 9.10. The Balaban J connectivity index is 1.40.